The van der Waals surface area contributed by atoms with Crippen LogP contribution >= 0.6 is 11.3 Å². The molecule has 0 unspecified atom stereocenters. The van der Waals surface area contributed by atoms with Gasteiger partial charge in [0.05, 0.1) is 11.9 Å². The second-order valence-corrected chi connectivity index (χ2v) is 3.97. The van der Waals surface area contributed by atoms with E-state index in [9.17, 15) is 0 Å². The van der Waals surface area contributed by atoms with E-state index >= 15 is 0 Å². The largest absolute Gasteiger partial charge is 0.332 e. The first kappa shape index (κ1) is 8.26. The van der Waals surface area contributed by atoms with Gasteiger partial charge in [0.1, 0.15) is 6.20 Å². The molecule has 0 amide bonds. The molecule has 2 N–H and O–H groups in total. The van der Waals surface area contributed by atoms with E-state index in [-0.39, 0.29) is 0 Å². The third kappa shape index (κ3) is 1.55. The third-order valence-electron chi connectivity index (χ3n) is 1.93. The molecule has 2 rings (SSSR count). The number of hydrogen-bond donors (Lipinski definition) is 1. The Balaban J connectivity index is 2.48. The monoisotopic (exact) mass is 191 g/mol. The number of hydrogen-bond acceptors (Lipinski definition) is 2. The fourth-order valence-corrected chi connectivity index (χ4v) is 2.07. The summed E-state index contributed by atoms with van der Waals surface area (Å²) < 4.78 is 1.94. The molecule has 0 atom stereocenters. The zero-order valence-corrected chi connectivity index (χ0v) is 8.21. The molecule has 3 heteroatoms. The van der Waals surface area contributed by atoms with Gasteiger partial charge in [-0.3, -0.25) is 5.73 Å². The SMILES string of the molecule is C[n+]1cc(-c2ccccc2)sc1N. The summed E-state index contributed by atoms with van der Waals surface area (Å²) in [6, 6.07) is 10.3. The van der Waals surface area contributed by atoms with E-state index in [0.717, 1.165) is 5.13 Å². The molecule has 1 heterocycles. The normalized spacial score (nSPS) is 10.2. The highest BCUT2D eigenvalue weighted by Crippen LogP contribution is 2.25. The molecule has 0 aliphatic carbocycles. The third-order valence-corrected chi connectivity index (χ3v) is 2.99. The van der Waals surface area contributed by atoms with Crippen LogP contribution in [0.25, 0.3) is 10.4 Å². The molecule has 2 aromatic rings. The van der Waals surface area contributed by atoms with Crippen molar-refractivity contribution < 1.29 is 4.57 Å². The van der Waals surface area contributed by atoms with Crippen molar-refractivity contribution in [3.05, 3.63) is 36.5 Å². The zero-order chi connectivity index (χ0) is 9.26. The van der Waals surface area contributed by atoms with Gasteiger partial charge in [-0.15, -0.1) is 0 Å². The van der Waals surface area contributed by atoms with Crippen molar-refractivity contribution in [3.8, 4) is 10.4 Å². The van der Waals surface area contributed by atoms with Crippen LogP contribution in [0.2, 0.25) is 0 Å². The number of aryl methyl sites for hydroxylation is 1. The summed E-state index contributed by atoms with van der Waals surface area (Å²) in [5.74, 6) is 0. The number of nitrogens with two attached hydrogens (primary N) is 1. The molecule has 1 aromatic carbocycles. The van der Waals surface area contributed by atoms with Gasteiger partial charge < -0.3 is 0 Å². The van der Waals surface area contributed by atoms with Crippen LogP contribution < -0.4 is 10.3 Å². The lowest BCUT2D eigenvalue weighted by atomic mass is 10.2. The number of rotatable bonds is 1. The van der Waals surface area contributed by atoms with Gasteiger partial charge in [-0.05, 0) is 16.9 Å². The Kier molecular flexibility index (Phi) is 2.02. The van der Waals surface area contributed by atoms with Gasteiger partial charge in [0, 0.05) is 0 Å². The maximum atomic E-state index is 5.76. The van der Waals surface area contributed by atoms with Gasteiger partial charge in [-0.1, -0.05) is 30.3 Å². The van der Waals surface area contributed by atoms with E-state index in [1.807, 2.05) is 29.8 Å². The fourth-order valence-electron chi connectivity index (χ4n) is 1.19. The Morgan fingerprint density at radius 1 is 1.23 bits per heavy atom. The first-order chi connectivity index (χ1) is 6.27. The lowest BCUT2D eigenvalue weighted by Crippen LogP contribution is -2.27. The average molecular weight is 191 g/mol. The van der Waals surface area contributed by atoms with Crippen LogP contribution in [0.15, 0.2) is 36.5 Å². The van der Waals surface area contributed by atoms with Crippen LogP contribution in [0.1, 0.15) is 0 Å². The molecular formula is C10H11N2S+. The molecular weight excluding hydrogens is 180 g/mol. The molecule has 0 fully saturated rings. The Morgan fingerprint density at radius 3 is 2.46 bits per heavy atom. The first-order valence-corrected chi connectivity index (χ1v) is 4.89. The van der Waals surface area contributed by atoms with Gasteiger partial charge in [0.2, 0.25) is 0 Å². The highest BCUT2D eigenvalue weighted by Gasteiger charge is 2.08. The quantitative estimate of drug-likeness (QED) is 0.685. The summed E-state index contributed by atoms with van der Waals surface area (Å²) in [7, 11) is 1.96. The van der Waals surface area contributed by atoms with Crippen LogP contribution in [0, 0.1) is 0 Å². The van der Waals surface area contributed by atoms with Gasteiger partial charge in [0.25, 0.3) is 0 Å². The van der Waals surface area contributed by atoms with E-state index in [2.05, 4.69) is 18.3 Å². The molecule has 0 spiro atoms. The van der Waals surface area contributed by atoms with Gasteiger partial charge in [-0.25, -0.2) is 4.57 Å². The van der Waals surface area contributed by atoms with Crippen molar-refractivity contribution >= 4 is 16.5 Å². The predicted molar refractivity (Wildman–Crippen MR) is 55.3 cm³/mol. The van der Waals surface area contributed by atoms with Crippen LogP contribution in [0.5, 0.6) is 0 Å². The maximum Gasteiger partial charge on any atom is 0.332 e. The number of nitrogen functional groups attached to an aromatic ring is 1. The Morgan fingerprint density at radius 2 is 1.92 bits per heavy atom. The highest BCUT2D eigenvalue weighted by molar-refractivity contribution is 7.18. The number of anilines is 1. The van der Waals surface area contributed by atoms with Crippen molar-refractivity contribution in [3.63, 3.8) is 0 Å². The topological polar surface area (TPSA) is 29.9 Å². The average Bonchev–Trinajstić information content (AvgIpc) is 2.49. The number of benzene rings is 1. The van der Waals surface area contributed by atoms with Gasteiger partial charge in [-0.2, -0.15) is 0 Å². The molecule has 0 saturated carbocycles. The number of nitrogens with zero attached hydrogens (tertiary/aromatic N) is 1. The van der Waals surface area contributed by atoms with E-state index in [1.165, 1.54) is 10.4 Å². The van der Waals surface area contributed by atoms with Crippen molar-refractivity contribution in [2.24, 2.45) is 7.05 Å². The van der Waals surface area contributed by atoms with E-state index < -0.39 is 0 Å². The second kappa shape index (κ2) is 3.18. The molecule has 0 bridgehead atoms. The summed E-state index contributed by atoms with van der Waals surface area (Å²) in [6.45, 7) is 0. The van der Waals surface area contributed by atoms with Crippen LogP contribution in [0.4, 0.5) is 5.13 Å². The minimum atomic E-state index is 0.832. The van der Waals surface area contributed by atoms with Gasteiger partial charge >= 0.3 is 5.13 Å². The van der Waals surface area contributed by atoms with E-state index in [1.54, 1.807) is 11.3 Å². The number of aromatic nitrogens is 1. The zero-order valence-electron chi connectivity index (χ0n) is 7.40. The fraction of sp³-hybridized carbons (Fsp3) is 0.100. The number of thiazole rings is 1. The second-order valence-electron chi connectivity index (χ2n) is 2.91. The summed E-state index contributed by atoms with van der Waals surface area (Å²) >= 11 is 1.61. The van der Waals surface area contributed by atoms with Crippen molar-refractivity contribution in [1.29, 1.82) is 0 Å². The Hall–Kier alpha value is -1.35. The molecule has 2 nitrogen and oxygen atoms in total. The van der Waals surface area contributed by atoms with E-state index in [0.29, 0.717) is 0 Å². The molecule has 66 valence electrons. The molecule has 1 aromatic heterocycles. The maximum absolute atomic E-state index is 5.76. The van der Waals surface area contributed by atoms with Gasteiger partial charge in [0.15, 0.2) is 0 Å². The minimum absolute atomic E-state index is 0.832. The predicted octanol–water partition coefficient (Wildman–Crippen LogP) is 1.82. The smallest absolute Gasteiger partial charge is 0.278 e. The molecule has 0 aliphatic rings. The highest BCUT2D eigenvalue weighted by atomic mass is 32.1. The lowest BCUT2D eigenvalue weighted by Gasteiger charge is -1.91. The molecule has 0 aliphatic heterocycles. The Labute approximate surface area is 81.3 Å². The summed E-state index contributed by atoms with van der Waals surface area (Å²) in [6.07, 6.45) is 2.05. The van der Waals surface area contributed by atoms with Crippen molar-refractivity contribution in [2.75, 3.05) is 5.73 Å². The van der Waals surface area contributed by atoms with Crippen molar-refractivity contribution in [1.82, 2.24) is 0 Å². The first-order valence-electron chi connectivity index (χ1n) is 4.08. The van der Waals surface area contributed by atoms with Crippen molar-refractivity contribution in [2.45, 2.75) is 0 Å². The van der Waals surface area contributed by atoms with Crippen LogP contribution in [-0.2, 0) is 7.05 Å². The minimum Gasteiger partial charge on any atom is -0.278 e. The van der Waals surface area contributed by atoms with Crippen LogP contribution in [0.3, 0.4) is 0 Å². The summed E-state index contributed by atoms with van der Waals surface area (Å²) in [4.78, 5) is 1.21. The molecule has 0 radical (unpaired) electrons. The molecule has 13 heavy (non-hydrogen) atoms. The lowest BCUT2D eigenvalue weighted by molar-refractivity contribution is -0.652. The summed E-state index contributed by atoms with van der Waals surface area (Å²) in [5.41, 5.74) is 6.98. The summed E-state index contributed by atoms with van der Waals surface area (Å²) in [5, 5.41) is 0.832. The van der Waals surface area contributed by atoms with E-state index in [4.69, 9.17) is 5.73 Å². The van der Waals surface area contributed by atoms with Crippen LogP contribution in [-0.4, -0.2) is 0 Å². The molecule has 0 saturated heterocycles. The standard InChI is InChI=1S/C10H10N2S/c1-12-7-9(13-10(12)11)8-5-3-2-4-6-8/h2-7,11H,1H3/p+1. The Bertz CT molecular complexity index is 387.